The second-order valence-corrected chi connectivity index (χ2v) is 5.84. The number of pyridine rings is 1. The van der Waals surface area contributed by atoms with Crippen molar-refractivity contribution in [1.82, 2.24) is 4.98 Å². The number of hydrogen-bond acceptors (Lipinski definition) is 2. The first-order chi connectivity index (χ1) is 11.1. The molecule has 2 nitrogen and oxygen atoms in total. The van der Waals surface area contributed by atoms with Gasteiger partial charge in [-0.3, -0.25) is 9.78 Å². The molecule has 0 aliphatic heterocycles. The van der Waals surface area contributed by atoms with E-state index < -0.39 is 11.6 Å². The number of hydrogen-bond donors (Lipinski definition) is 0. The number of Topliss-reactive ketones (excluding diaryl/α,β-unsaturated/α-hetero) is 1. The zero-order valence-electron chi connectivity index (χ0n) is 12.7. The van der Waals surface area contributed by atoms with Gasteiger partial charge in [-0.2, -0.15) is 0 Å². The van der Waals surface area contributed by atoms with Crippen LogP contribution in [0, 0.1) is 11.6 Å². The van der Waals surface area contributed by atoms with E-state index in [4.69, 9.17) is 0 Å². The maximum absolute atomic E-state index is 13.7. The Kier molecular flexibility index (Phi) is 4.33. The van der Waals surface area contributed by atoms with Crippen molar-refractivity contribution in [1.29, 1.82) is 0 Å². The summed E-state index contributed by atoms with van der Waals surface area (Å²) in [6.07, 6.45) is 3.66. The van der Waals surface area contributed by atoms with Crippen LogP contribution >= 0.6 is 0 Å². The molecule has 3 rings (SSSR count). The third kappa shape index (κ3) is 3.21. The normalized spacial score (nSPS) is 17.0. The number of halogens is 2. The van der Waals surface area contributed by atoms with Gasteiger partial charge >= 0.3 is 0 Å². The molecular weight excluding hydrogens is 296 g/mol. The molecule has 1 unspecified atom stereocenters. The molecule has 1 aliphatic carbocycles. The molecule has 23 heavy (non-hydrogen) atoms. The summed E-state index contributed by atoms with van der Waals surface area (Å²) in [7, 11) is 0. The number of aromatic nitrogens is 1. The van der Waals surface area contributed by atoms with Crippen LogP contribution < -0.4 is 0 Å². The second kappa shape index (κ2) is 6.41. The lowest BCUT2D eigenvalue weighted by Gasteiger charge is -2.25. The van der Waals surface area contributed by atoms with Crippen molar-refractivity contribution in [3.63, 3.8) is 0 Å². The van der Waals surface area contributed by atoms with Crippen molar-refractivity contribution >= 4 is 11.4 Å². The zero-order chi connectivity index (χ0) is 16.4. The van der Waals surface area contributed by atoms with Crippen molar-refractivity contribution in [2.24, 2.45) is 0 Å². The van der Waals surface area contributed by atoms with Gasteiger partial charge in [-0.1, -0.05) is 18.7 Å². The van der Waals surface area contributed by atoms with Crippen molar-refractivity contribution in [2.75, 3.05) is 0 Å². The Hall–Kier alpha value is -2.36. The van der Waals surface area contributed by atoms with Crippen molar-refractivity contribution in [3.8, 4) is 0 Å². The lowest BCUT2D eigenvalue weighted by molar-refractivity contribution is -0.120. The molecule has 0 spiro atoms. The number of allylic oxidation sites excluding steroid dienone is 1. The standard InChI is InChI=1S/C19H17F2NO/c1-12-4-8-15(16-3-2-10-22-19(12)16)18(23)9-6-13-5-7-14(20)11-17(13)21/h2-3,5,7,10-11,15H,1,4,6,8-9H2. The van der Waals surface area contributed by atoms with Gasteiger partial charge in [-0.25, -0.2) is 8.78 Å². The van der Waals surface area contributed by atoms with Gasteiger partial charge < -0.3 is 0 Å². The first kappa shape index (κ1) is 15.5. The fourth-order valence-corrected chi connectivity index (χ4v) is 3.08. The highest BCUT2D eigenvalue weighted by atomic mass is 19.1. The minimum absolute atomic E-state index is 0.0653. The topological polar surface area (TPSA) is 30.0 Å². The van der Waals surface area contributed by atoms with Crippen molar-refractivity contribution < 1.29 is 13.6 Å². The lowest BCUT2D eigenvalue weighted by Crippen LogP contribution is -2.19. The van der Waals surface area contributed by atoms with E-state index in [-0.39, 0.29) is 24.5 Å². The molecule has 0 amide bonds. The smallest absolute Gasteiger partial charge is 0.140 e. The lowest BCUT2D eigenvalue weighted by atomic mass is 9.79. The highest BCUT2D eigenvalue weighted by molar-refractivity contribution is 5.88. The third-order valence-electron chi connectivity index (χ3n) is 4.33. The van der Waals surface area contributed by atoms with E-state index in [0.29, 0.717) is 12.0 Å². The molecule has 0 fully saturated rings. The number of ketones is 1. The van der Waals surface area contributed by atoms with Crippen molar-refractivity contribution in [3.05, 3.63) is 71.6 Å². The molecule has 2 aromatic rings. The minimum Gasteiger partial charge on any atom is -0.299 e. The molecule has 0 bridgehead atoms. The molecule has 1 aromatic heterocycles. The van der Waals surface area contributed by atoms with Gasteiger partial charge in [0.2, 0.25) is 0 Å². The van der Waals surface area contributed by atoms with Gasteiger partial charge in [0.25, 0.3) is 0 Å². The van der Waals surface area contributed by atoms with Gasteiger partial charge in [-0.15, -0.1) is 0 Å². The van der Waals surface area contributed by atoms with Gasteiger partial charge in [-0.05, 0) is 48.1 Å². The van der Waals surface area contributed by atoms with E-state index in [0.717, 1.165) is 29.3 Å². The van der Waals surface area contributed by atoms with Gasteiger partial charge in [0.1, 0.15) is 17.4 Å². The average molecular weight is 313 g/mol. The summed E-state index contributed by atoms with van der Waals surface area (Å²) in [5.74, 6) is -1.36. The number of benzene rings is 1. The zero-order valence-corrected chi connectivity index (χ0v) is 12.7. The number of nitrogens with zero attached hydrogens (tertiary/aromatic N) is 1. The fraction of sp³-hybridized carbons (Fsp3) is 0.263. The molecule has 0 N–H and O–H groups in total. The number of rotatable bonds is 4. The van der Waals surface area contributed by atoms with Crippen LogP contribution in [0.25, 0.3) is 5.57 Å². The van der Waals surface area contributed by atoms with Crippen LogP contribution in [-0.2, 0) is 11.2 Å². The highest BCUT2D eigenvalue weighted by Crippen LogP contribution is 2.37. The molecule has 1 aromatic carbocycles. The molecule has 0 saturated heterocycles. The molecule has 0 radical (unpaired) electrons. The Morgan fingerprint density at radius 1 is 1.30 bits per heavy atom. The van der Waals surface area contributed by atoms with E-state index in [1.54, 1.807) is 6.20 Å². The maximum atomic E-state index is 13.7. The van der Waals surface area contributed by atoms with E-state index in [9.17, 15) is 13.6 Å². The number of fused-ring (bicyclic) bond motifs is 1. The van der Waals surface area contributed by atoms with Crippen molar-refractivity contribution in [2.45, 2.75) is 31.6 Å². The predicted molar refractivity (Wildman–Crippen MR) is 84.9 cm³/mol. The highest BCUT2D eigenvalue weighted by Gasteiger charge is 2.28. The summed E-state index contributed by atoms with van der Waals surface area (Å²) in [6.45, 7) is 4.00. The van der Waals surface area contributed by atoms with Crippen LogP contribution in [0.3, 0.4) is 0 Å². The van der Waals surface area contributed by atoms with Crippen LogP contribution in [0.1, 0.15) is 42.0 Å². The molecule has 1 heterocycles. The van der Waals surface area contributed by atoms with Crippen LogP contribution in [0.5, 0.6) is 0 Å². The van der Waals surface area contributed by atoms with Gasteiger partial charge in [0.15, 0.2) is 0 Å². The summed E-state index contributed by atoms with van der Waals surface area (Å²) in [5, 5.41) is 0. The molecule has 1 atom stereocenters. The van der Waals surface area contributed by atoms with E-state index in [1.807, 2.05) is 12.1 Å². The minimum atomic E-state index is -0.608. The molecule has 118 valence electrons. The summed E-state index contributed by atoms with van der Waals surface area (Å²) in [5.41, 5.74) is 3.04. The Bertz CT molecular complexity index is 770. The molecular formula is C19H17F2NO. The van der Waals surface area contributed by atoms with Crippen LogP contribution in [0.15, 0.2) is 43.1 Å². The second-order valence-electron chi connectivity index (χ2n) is 5.84. The Morgan fingerprint density at radius 3 is 2.91 bits per heavy atom. The Morgan fingerprint density at radius 2 is 2.13 bits per heavy atom. The van der Waals surface area contributed by atoms with Crippen LogP contribution in [-0.4, -0.2) is 10.8 Å². The summed E-state index contributed by atoms with van der Waals surface area (Å²) >= 11 is 0. The predicted octanol–water partition coefficient (Wildman–Crippen LogP) is 4.45. The Labute approximate surface area is 133 Å². The summed E-state index contributed by atoms with van der Waals surface area (Å²) < 4.78 is 26.6. The van der Waals surface area contributed by atoms with E-state index in [1.165, 1.54) is 12.1 Å². The largest absolute Gasteiger partial charge is 0.299 e. The summed E-state index contributed by atoms with van der Waals surface area (Å²) in [6, 6.07) is 7.19. The SMILES string of the molecule is C=C1CCC(C(=O)CCc2ccc(F)cc2F)c2cccnc21. The quantitative estimate of drug-likeness (QED) is 0.834. The van der Waals surface area contributed by atoms with Gasteiger partial charge in [0, 0.05) is 24.6 Å². The first-order valence-electron chi connectivity index (χ1n) is 7.66. The summed E-state index contributed by atoms with van der Waals surface area (Å²) in [4.78, 5) is 16.9. The molecule has 0 saturated carbocycles. The molecule has 1 aliphatic rings. The monoisotopic (exact) mass is 313 g/mol. The number of carbonyl (C=O) groups is 1. The molecule has 4 heteroatoms. The average Bonchev–Trinajstić information content (AvgIpc) is 2.54. The number of carbonyl (C=O) groups excluding carboxylic acids is 1. The third-order valence-corrected chi connectivity index (χ3v) is 4.33. The maximum Gasteiger partial charge on any atom is 0.140 e. The first-order valence-corrected chi connectivity index (χ1v) is 7.66. The van der Waals surface area contributed by atoms with E-state index in [2.05, 4.69) is 11.6 Å². The van der Waals surface area contributed by atoms with Crippen LogP contribution in [0.2, 0.25) is 0 Å². The van der Waals surface area contributed by atoms with E-state index >= 15 is 0 Å². The fourth-order valence-electron chi connectivity index (χ4n) is 3.08. The van der Waals surface area contributed by atoms with Crippen LogP contribution in [0.4, 0.5) is 8.78 Å². The number of aryl methyl sites for hydroxylation is 1. The van der Waals surface area contributed by atoms with Gasteiger partial charge in [0.05, 0.1) is 5.69 Å². The Balaban J connectivity index is 1.74.